The normalized spacial score (nSPS) is 21.9. The fourth-order valence-corrected chi connectivity index (χ4v) is 3.81. The van der Waals surface area contributed by atoms with Crippen LogP contribution in [-0.2, 0) is 10.0 Å². The van der Waals surface area contributed by atoms with E-state index in [0.717, 1.165) is 31.7 Å². The predicted octanol–water partition coefficient (Wildman–Crippen LogP) is 2.52. The highest BCUT2D eigenvalue weighted by Gasteiger charge is 2.27. The van der Waals surface area contributed by atoms with Crippen LogP contribution < -0.4 is 9.62 Å². The Hall–Kier alpha value is -1.67. The van der Waals surface area contributed by atoms with Gasteiger partial charge in [-0.2, -0.15) is 0 Å². The Labute approximate surface area is 136 Å². The van der Waals surface area contributed by atoms with Crippen molar-refractivity contribution < 1.29 is 13.3 Å². The number of nitro groups is 1. The smallest absolute Gasteiger partial charge is 0.293 e. The molecule has 2 rings (SSSR count). The Morgan fingerprint density at radius 1 is 1.26 bits per heavy atom. The first-order valence-electron chi connectivity index (χ1n) is 7.71. The van der Waals surface area contributed by atoms with Gasteiger partial charge < -0.3 is 4.90 Å². The maximum atomic E-state index is 11.8. The highest BCUT2D eigenvalue weighted by atomic mass is 32.2. The fourth-order valence-electron chi connectivity index (χ4n) is 3.06. The molecule has 0 aliphatic heterocycles. The van der Waals surface area contributed by atoms with E-state index in [1.807, 2.05) is 11.9 Å². The maximum absolute atomic E-state index is 11.8. The molecule has 23 heavy (non-hydrogen) atoms. The third kappa shape index (κ3) is 3.81. The molecule has 0 aromatic heterocycles. The molecule has 8 heteroatoms. The Bertz CT molecular complexity index is 682. The zero-order valence-electron chi connectivity index (χ0n) is 13.7. The van der Waals surface area contributed by atoms with Crippen LogP contribution in [0.25, 0.3) is 0 Å². The van der Waals surface area contributed by atoms with Crippen LogP contribution in [0, 0.1) is 16.0 Å². The molecule has 0 spiro atoms. The van der Waals surface area contributed by atoms with Crippen LogP contribution in [0.1, 0.15) is 32.6 Å². The molecule has 0 saturated heterocycles. The quantitative estimate of drug-likeness (QED) is 0.656. The minimum atomic E-state index is -3.70. The summed E-state index contributed by atoms with van der Waals surface area (Å²) in [5.74, 6) is 0.692. The first-order chi connectivity index (χ1) is 10.8. The van der Waals surface area contributed by atoms with Gasteiger partial charge in [0.1, 0.15) is 5.69 Å². The molecule has 128 valence electrons. The number of benzene rings is 1. The van der Waals surface area contributed by atoms with Gasteiger partial charge in [0, 0.05) is 19.2 Å². The van der Waals surface area contributed by atoms with E-state index in [0.29, 0.717) is 11.6 Å². The second kappa shape index (κ2) is 6.84. The van der Waals surface area contributed by atoms with Gasteiger partial charge in [-0.1, -0.05) is 6.92 Å². The molecule has 0 radical (unpaired) electrons. The summed E-state index contributed by atoms with van der Waals surface area (Å²) in [6, 6.07) is 4.32. The lowest BCUT2D eigenvalue weighted by molar-refractivity contribution is -0.384. The van der Waals surface area contributed by atoms with Crippen LogP contribution in [0.5, 0.6) is 0 Å². The summed E-state index contributed by atoms with van der Waals surface area (Å²) in [4.78, 5) is 12.7. The molecule has 1 saturated carbocycles. The second-order valence-corrected chi connectivity index (χ2v) is 8.03. The topological polar surface area (TPSA) is 92.6 Å². The lowest BCUT2D eigenvalue weighted by Crippen LogP contribution is -2.35. The SMILES string of the molecule is CNS(=O)(=O)c1ccc(N(C)C2CCC(C)CC2)c([N+](=O)[O-])c1. The molecule has 1 aliphatic rings. The van der Waals surface area contributed by atoms with Crippen LogP contribution in [-0.4, -0.2) is 33.5 Å². The van der Waals surface area contributed by atoms with Gasteiger partial charge in [0.2, 0.25) is 10.0 Å². The number of nitro benzene ring substituents is 1. The summed E-state index contributed by atoms with van der Waals surface area (Å²) in [5.41, 5.74) is 0.284. The molecule has 0 unspecified atom stereocenters. The predicted molar refractivity (Wildman–Crippen MR) is 89.2 cm³/mol. The van der Waals surface area contributed by atoms with Crippen LogP contribution in [0.4, 0.5) is 11.4 Å². The Balaban J connectivity index is 2.36. The summed E-state index contributed by atoms with van der Waals surface area (Å²) in [6.45, 7) is 2.22. The van der Waals surface area contributed by atoms with Gasteiger partial charge in [-0.05, 0) is 50.8 Å². The summed E-state index contributed by atoms with van der Waals surface area (Å²) >= 11 is 0. The molecule has 1 fully saturated rings. The number of hydrogen-bond donors (Lipinski definition) is 1. The molecule has 0 amide bonds. The summed E-state index contributed by atoms with van der Waals surface area (Å²) in [5, 5.41) is 11.4. The number of anilines is 1. The van der Waals surface area contributed by atoms with Gasteiger partial charge in [-0.25, -0.2) is 13.1 Å². The average molecular weight is 341 g/mol. The minimum Gasteiger partial charge on any atom is -0.366 e. The molecule has 7 nitrogen and oxygen atoms in total. The molecule has 1 N–H and O–H groups in total. The highest BCUT2D eigenvalue weighted by molar-refractivity contribution is 7.89. The van der Waals surface area contributed by atoms with Crippen LogP contribution >= 0.6 is 0 Å². The summed E-state index contributed by atoms with van der Waals surface area (Å²) < 4.78 is 25.9. The van der Waals surface area contributed by atoms with Crippen molar-refractivity contribution in [1.82, 2.24) is 4.72 Å². The van der Waals surface area contributed by atoms with Crippen molar-refractivity contribution in [2.24, 2.45) is 5.92 Å². The van der Waals surface area contributed by atoms with E-state index in [-0.39, 0.29) is 16.6 Å². The number of nitrogens with zero attached hydrogens (tertiary/aromatic N) is 2. The molecule has 0 heterocycles. The Kier molecular flexibility index (Phi) is 5.26. The molecule has 1 aliphatic carbocycles. The number of sulfonamides is 1. The molecular formula is C15H23N3O4S. The van der Waals surface area contributed by atoms with Crippen molar-refractivity contribution >= 4 is 21.4 Å². The first-order valence-corrected chi connectivity index (χ1v) is 9.19. The van der Waals surface area contributed by atoms with Gasteiger partial charge in [-0.15, -0.1) is 0 Å². The van der Waals surface area contributed by atoms with Crippen molar-refractivity contribution in [3.63, 3.8) is 0 Å². The van der Waals surface area contributed by atoms with Gasteiger partial charge in [-0.3, -0.25) is 10.1 Å². The zero-order valence-corrected chi connectivity index (χ0v) is 14.5. The molecular weight excluding hydrogens is 318 g/mol. The molecule has 0 bridgehead atoms. The van der Waals surface area contributed by atoms with E-state index in [1.54, 1.807) is 0 Å². The zero-order chi connectivity index (χ0) is 17.2. The van der Waals surface area contributed by atoms with E-state index < -0.39 is 14.9 Å². The maximum Gasteiger partial charge on any atom is 0.293 e. The van der Waals surface area contributed by atoms with E-state index in [4.69, 9.17) is 0 Å². The number of rotatable bonds is 5. The van der Waals surface area contributed by atoms with Crippen molar-refractivity contribution in [2.75, 3.05) is 19.0 Å². The third-order valence-electron chi connectivity index (χ3n) is 4.64. The largest absolute Gasteiger partial charge is 0.366 e. The average Bonchev–Trinajstić information content (AvgIpc) is 2.54. The lowest BCUT2D eigenvalue weighted by Gasteiger charge is -2.34. The Morgan fingerprint density at radius 3 is 2.39 bits per heavy atom. The summed E-state index contributed by atoms with van der Waals surface area (Å²) in [7, 11) is -0.577. The summed E-state index contributed by atoms with van der Waals surface area (Å²) in [6.07, 6.45) is 4.20. The van der Waals surface area contributed by atoms with E-state index in [2.05, 4.69) is 11.6 Å². The fraction of sp³-hybridized carbons (Fsp3) is 0.600. The standard InChI is InChI=1S/C15H23N3O4S/c1-11-4-6-12(7-5-11)17(3)14-9-8-13(23(21,22)16-2)10-15(14)18(19)20/h8-12,16H,4-7H2,1-3H3. The van der Waals surface area contributed by atoms with Crippen LogP contribution in [0.3, 0.4) is 0 Å². The first kappa shape index (κ1) is 17.7. The molecule has 1 aromatic rings. The van der Waals surface area contributed by atoms with Crippen molar-refractivity contribution in [1.29, 1.82) is 0 Å². The van der Waals surface area contributed by atoms with Crippen LogP contribution in [0.15, 0.2) is 23.1 Å². The molecule has 0 atom stereocenters. The third-order valence-corrected chi connectivity index (χ3v) is 6.05. The Morgan fingerprint density at radius 2 is 1.87 bits per heavy atom. The van der Waals surface area contributed by atoms with Crippen molar-refractivity contribution in [3.8, 4) is 0 Å². The van der Waals surface area contributed by atoms with Crippen LogP contribution in [0.2, 0.25) is 0 Å². The molecule has 1 aromatic carbocycles. The number of hydrogen-bond acceptors (Lipinski definition) is 5. The van der Waals surface area contributed by atoms with Gasteiger partial charge in [0.25, 0.3) is 5.69 Å². The van der Waals surface area contributed by atoms with Crippen molar-refractivity contribution in [3.05, 3.63) is 28.3 Å². The van der Waals surface area contributed by atoms with E-state index in [9.17, 15) is 18.5 Å². The minimum absolute atomic E-state index is 0.0962. The lowest BCUT2D eigenvalue weighted by atomic mass is 9.86. The van der Waals surface area contributed by atoms with E-state index in [1.165, 1.54) is 19.2 Å². The second-order valence-electron chi connectivity index (χ2n) is 6.14. The van der Waals surface area contributed by atoms with E-state index >= 15 is 0 Å². The number of nitrogens with one attached hydrogen (secondary N) is 1. The van der Waals surface area contributed by atoms with Gasteiger partial charge in [0.05, 0.1) is 9.82 Å². The monoisotopic (exact) mass is 341 g/mol. The van der Waals surface area contributed by atoms with Gasteiger partial charge >= 0.3 is 0 Å². The van der Waals surface area contributed by atoms with Gasteiger partial charge in [0.15, 0.2) is 0 Å². The highest BCUT2D eigenvalue weighted by Crippen LogP contribution is 2.35. The van der Waals surface area contributed by atoms with Crippen molar-refractivity contribution in [2.45, 2.75) is 43.5 Å².